The number of nitrogens with one attached hydrogen (secondary N) is 1. The second kappa shape index (κ2) is 5.48. The van der Waals surface area contributed by atoms with Crippen molar-refractivity contribution in [2.45, 2.75) is 57.7 Å². The Hall–Kier alpha value is -0.120. The van der Waals surface area contributed by atoms with Gasteiger partial charge < -0.3 is 10.4 Å². The van der Waals surface area contributed by atoms with Crippen molar-refractivity contribution in [3.8, 4) is 0 Å². The number of hydrogen-bond donors (Lipinski definition) is 2. The summed E-state index contributed by atoms with van der Waals surface area (Å²) >= 11 is 0. The fourth-order valence-electron chi connectivity index (χ4n) is 3.24. The summed E-state index contributed by atoms with van der Waals surface area (Å²) in [5.74, 6) is 0.586. The highest BCUT2D eigenvalue weighted by Crippen LogP contribution is 2.27. The number of nitrogens with zero attached hydrogens (tertiary/aromatic N) is 1. The van der Waals surface area contributed by atoms with Crippen LogP contribution in [0.2, 0.25) is 0 Å². The van der Waals surface area contributed by atoms with Crippen LogP contribution in [0.4, 0.5) is 0 Å². The molecular weight excluding hydrogens is 200 g/mol. The minimum Gasteiger partial charge on any atom is -0.392 e. The molecule has 2 aliphatic rings. The molecule has 3 unspecified atom stereocenters. The average Bonchev–Trinajstić information content (AvgIpc) is 2.75. The van der Waals surface area contributed by atoms with E-state index in [0.717, 1.165) is 19.0 Å². The maximum absolute atomic E-state index is 9.84. The number of aliphatic hydroxyl groups excluding tert-OH is 1. The van der Waals surface area contributed by atoms with Crippen molar-refractivity contribution < 1.29 is 5.11 Å². The Morgan fingerprint density at radius 2 is 2.12 bits per heavy atom. The molecule has 3 atom stereocenters. The van der Waals surface area contributed by atoms with E-state index in [1.807, 2.05) is 0 Å². The fourth-order valence-corrected chi connectivity index (χ4v) is 3.24. The molecule has 0 amide bonds. The molecule has 0 spiro atoms. The van der Waals surface area contributed by atoms with Crippen LogP contribution in [0.5, 0.6) is 0 Å². The summed E-state index contributed by atoms with van der Waals surface area (Å²) in [6.45, 7) is 7.64. The van der Waals surface area contributed by atoms with Gasteiger partial charge in [0.2, 0.25) is 0 Å². The summed E-state index contributed by atoms with van der Waals surface area (Å²) < 4.78 is 0. The lowest BCUT2D eigenvalue weighted by Crippen LogP contribution is -2.42. The topological polar surface area (TPSA) is 35.5 Å². The third-order valence-corrected chi connectivity index (χ3v) is 3.97. The smallest absolute Gasteiger partial charge is 0.0667 e. The Bertz CT molecular complexity index is 220. The molecule has 0 saturated carbocycles. The Balaban J connectivity index is 1.70. The van der Waals surface area contributed by atoms with Gasteiger partial charge in [-0.15, -0.1) is 0 Å². The monoisotopic (exact) mass is 226 g/mol. The Morgan fingerprint density at radius 3 is 2.88 bits per heavy atom. The van der Waals surface area contributed by atoms with Gasteiger partial charge in [0.15, 0.2) is 0 Å². The van der Waals surface area contributed by atoms with Crippen LogP contribution in [0.1, 0.15) is 39.5 Å². The van der Waals surface area contributed by atoms with Crippen LogP contribution >= 0.6 is 0 Å². The summed E-state index contributed by atoms with van der Waals surface area (Å²) in [6.07, 6.45) is 4.71. The summed E-state index contributed by atoms with van der Waals surface area (Å²) in [6, 6.07) is 1.38. The molecular formula is C13H26N2O. The molecule has 0 radical (unpaired) electrons. The molecule has 2 heterocycles. The molecule has 2 aliphatic heterocycles. The van der Waals surface area contributed by atoms with Crippen LogP contribution < -0.4 is 5.32 Å². The van der Waals surface area contributed by atoms with Crippen LogP contribution in [0.25, 0.3) is 0 Å². The van der Waals surface area contributed by atoms with Crippen molar-refractivity contribution in [1.82, 2.24) is 10.2 Å². The molecule has 16 heavy (non-hydrogen) atoms. The van der Waals surface area contributed by atoms with E-state index in [1.165, 1.54) is 32.4 Å². The first kappa shape index (κ1) is 12.3. The van der Waals surface area contributed by atoms with E-state index in [0.29, 0.717) is 12.0 Å². The minimum absolute atomic E-state index is 0.171. The van der Waals surface area contributed by atoms with Gasteiger partial charge in [0.25, 0.3) is 0 Å². The first-order valence-corrected chi connectivity index (χ1v) is 6.82. The number of rotatable bonds is 5. The zero-order chi connectivity index (χ0) is 11.5. The first-order chi connectivity index (χ1) is 7.66. The number of fused-ring (bicyclic) bond motifs is 1. The van der Waals surface area contributed by atoms with Gasteiger partial charge in [0, 0.05) is 25.2 Å². The molecule has 2 N–H and O–H groups in total. The van der Waals surface area contributed by atoms with Gasteiger partial charge in [0.1, 0.15) is 0 Å². The zero-order valence-corrected chi connectivity index (χ0v) is 10.7. The molecule has 3 heteroatoms. The van der Waals surface area contributed by atoms with Gasteiger partial charge in [-0.25, -0.2) is 0 Å². The lowest BCUT2D eigenvalue weighted by Gasteiger charge is -2.23. The highest BCUT2D eigenvalue weighted by Gasteiger charge is 2.36. The molecule has 3 nitrogen and oxygen atoms in total. The van der Waals surface area contributed by atoms with Crippen LogP contribution in [0.15, 0.2) is 0 Å². The second-order valence-corrected chi connectivity index (χ2v) is 5.83. The summed E-state index contributed by atoms with van der Waals surface area (Å²) in [4.78, 5) is 2.60. The van der Waals surface area contributed by atoms with Gasteiger partial charge in [-0.2, -0.15) is 0 Å². The molecule has 2 fully saturated rings. The molecule has 0 aromatic carbocycles. The van der Waals surface area contributed by atoms with Crippen LogP contribution in [-0.2, 0) is 0 Å². The fraction of sp³-hybridized carbons (Fsp3) is 1.00. The van der Waals surface area contributed by atoms with E-state index in [9.17, 15) is 5.11 Å². The van der Waals surface area contributed by atoms with Crippen molar-refractivity contribution in [3.63, 3.8) is 0 Å². The van der Waals surface area contributed by atoms with E-state index >= 15 is 0 Å². The standard InChI is InChI=1S/C13H26N2O/c1-10(2)8-11(16)9-14-12-5-7-15-6-3-4-13(12)15/h10-14,16H,3-9H2,1-2H3. The average molecular weight is 226 g/mol. The van der Waals surface area contributed by atoms with E-state index in [1.54, 1.807) is 0 Å². The summed E-state index contributed by atoms with van der Waals surface area (Å²) in [7, 11) is 0. The molecule has 2 rings (SSSR count). The largest absolute Gasteiger partial charge is 0.392 e. The van der Waals surface area contributed by atoms with Gasteiger partial charge in [-0.1, -0.05) is 13.8 Å². The number of hydrogen-bond acceptors (Lipinski definition) is 3. The third kappa shape index (κ3) is 2.96. The molecule has 0 aliphatic carbocycles. The normalized spacial score (nSPS) is 32.2. The zero-order valence-electron chi connectivity index (χ0n) is 10.7. The molecule has 0 aromatic rings. The maximum Gasteiger partial charge on any atom is 0.0667 e. The maximum atomic E-state index is 9.84. The molecule has 94 valence electrons. The number of aliphatic hydroxyl groups is 1. The summed E-state index contributed by atoms with van der Waals surface area (Å²) in [5, 5.41) is 13.4. The van der Waals surface area contributed by atoms with Gasteiger partial charge in [-0.05, 0) is 38.1 Å². The minimum atomic E-state index is -0.171. The highest BCUT2D eigenvalue weighted by atomic mass is 16.3. The van der Waals surface area contributed by atoms with Crippen molar-refractivity contribution in [2.75, 3.05) is 19.6 Å². The predicted molar refractivity (Wildman–Crippen MR) is 66.5 cm³/mol. The third-order valence-electron chi connectivity index (χ3n) is 3.97. The van der Waals surface area contributed by atoms with Crippen molar-refractivity contribution in [2.24, 2.45) is 5.92 Å². The first-order valence-electron chi connectivity index (χ1n) is 6.82. The summed E-state index contributed by atoms with van der Waals surface area (Å²) in [5.41, 5.74) is 0. The Morgan fingerprint density at radius 1 is 1.31 bits per heavy atom. The van der Waals surface area contributed by atoms with Crippen LogP contribution in [0.3, 0.4) is 0 Å². The van der Waals surface area contributed by atoms with E-state index in [-0.39, 0.29) is 6.10 Å². The Labute approximate surface area is 99.2 Å². The van der Waals surface area contributed by atoms with Crippen molar-refractivity contribution in [3.05, 3.63) is 0 Å². The van der Waals surface area contributed by atoms with Crippen LogP contribution in [-0.4, -0.2) is 47.8 Å². The Kier molecular flexibility index (Phi) is 4.22. The predicted octanol–water partition coefficient (Wildman–Crippen LogP) is 1.22. The van der Waals surface area contributed by atoms with E-state index in [2.05, 4.69) is 24.1 Å². The van der Waals surface area contributed by atoms with Gasteiger partial charge in [0.05, 0.1) is 6.10 Å². The highest BCUT2D eigenvalue weighted by molar-refractivity contribution is 4.95. The van der Waals surface area contributed by atoms with E-state index < -0.39 is 0 Å². The molecule has 0 bridgehead atoms. The quantitative estimate of drug-likeness (QED) is 0.740. The van der Waals surface area contributed by atoms with Crippen LogP contribution in [0, 0.1) is 5.92 Å². The van der Waals surface area contributed by atoms with Gasteiger partial charge >= 0.3 is 0 Å². The lowest BCUT2D eigenvalue weighted by molar-refractivity contribution is 0.140. The van der Waals surface area contributed by atoms with Gasteiger partial charge in [-0.3, -0.25) is 4.90 Å². The lowest BCUT2D eigenvalue weighted by atomic mass is 10.0. The van der Waals surface area contributed by atoms with E-state index in [4.69, 9.17) is 0 Å². The molecule has 0 aromatic heterocycles. The molecule has 2 saturated heterocycles. The SMILES string of the molecule is CC(C)CC(O)CNC1CCN2CCCC12. The second-order valence-electron chi connectivity index (χ2n) is 5.83. The van der Waals surface area contributed by atoms with Crippen molar-refractivity contribution >= 4 is 0 Å². The van der Waals surface area contributed by atoms with Crippen molar-refractivity contribution in [1.29, 1.82) is 0 Å².